The molecule has 0 fully saturated rings. The van der Waals surface area contributed by atoms with E-state index in [-0.39, 0.29) is 11.9 Å². The molecular formula is C17H21FN2. The summed E-state index contributed by atoms with van der Waals surface area (Å²) in [4.78, 5) is 2.08. The molecule has 0 aliphatic heterocycles. The van der Waals surface area contributed by atoms with Gasteiger partial charge in [-0.15, -0.1) is 0 Å². The molecule has 0 heterocycles. The zero-order valence-electron chi connectivity index (χ0n) is 12.2. The van der Waals surface area contributed by atoms with Crippen LogP contribution in [0.15, 0.2) is 48.5 Å². The second-order valence-corrected chi connectivity index (χ2v) is 5.16. The number of hydrogen-bond acceptors (Lipinski definition) is 2. The summed E-state index contributed by atoms with van der Waals surface area (Å²) in [5.74, 6) is -0.190. The molecule has 0 spiro atoms. The van der Waals surface area contributed by atoms with E-state index in [1.165, 1.54) is 23.4 Å². The van der Waals surface area contributed by atoms with Crippen LogP contribution in [0.25, 0.3) is 0 Å². The van der Waals surface area contributed by atoms with Gasteiger partial charge in [0.1, 0.15) is 5.82 Å². The molecule has 0 aliphatic carbocycles. The highest BCUT2D eigenvalue weighted by atomic mass is 19.1. The van der Waals surface area contributed by atoms with Crippen LogP contribution in [-0.2, 0) is 6.42 Å². The van der Waals surface area contributed by atoms with E-state index in [1.54, 1.807) is 0 Å². The van der Waals surface area contributed by atoms with Gasteiger partial charge in [-0.2, -0.15) is 0 Å². The van der Waals surface area contributed by atoms with E-state index in [1.807, 2.05) is 33.3 Å². The number of halogens is 1. The number of hydrogen-bond donors (Lipinski definition) is 1. The van der Waals surface area contributed by atoms with Crippen LogP contribution >= 0.6 is 0 Å². The van der Waals surface area contributed by atoms with Crippen molar-refractivity contribution >= 4 is 5.69 Å². The lowest BCUT2D eigenvalue weighted by Gasteiger charge is -2.19. The van der Waals surface area contributed by atoms with Gasteiger partial charge < -0.3 is 10.2 Å². The molecule has 0 amide bonds. The maximum atomic E-state index is 12.9. The lowest BCUT2D eigenvalue weighted by molar-refractivity contribution is 0.589. The van der Waals surface area contributed by atoms with Crippen molar-refractivity contribution in [2.24, 2.45) is 0 Å². The van der Waals surface area contributed by atoms with Gasteiger partial charge in [0.2, 0.25) is 0 Å². The van der Waals surface area contributed by atoms with Crippen LogP contribution in [0.2, 0.25) is 0 Å². The Morgan fingerprint density at radius 1 is 1.00 bits per heavy atom. The number of nitrogens with one attached hydrogen (secondary N) is 1. The smallest absolute Gasteiger partial charge is 0.123 e. The van der Waals surface area contributed by atoms with E-state index in [2.05, 4.69) is 34.5 Å². The van der Waals surface area contributed by atoms with Crippen molar-refractivity contribution in [2.75, 3.05) is 26.0 Å². The third-order valence-electron chi connectivity index (χ3n) is 3.51. The van der Waals surface area contributed by atoms with Gasteiger partial charge >= 0.3 is 0 Å². The molecule has 3 heteroatoms. The third kappa shape index (κ3) is 3.58. The van der Waals surface area contributed by atoms with Crippen molar-refractivity contribution in [1.29, 1.82) is 0 Å². The van der Waals surface area contributed by atoms with Gasteiger partial charge in [-0.3, -0.25) is 0 Å². The molecule has 0 aromatic heterocycles. The Bertz CT molecular complexity index is 532. The largest absolute Gasteiger partial charge is 0.378 e. The first-order valence-corrected chi connectivity index (χ1v) is 6.79. The Hall–Kier alpha value is -1.87. The predicted molar refractivity (Wildman–Crippen MR) is 82.7 cm³/mol. The molecule has 0 radical (unpaired) electrons. The van der Waals surface area contributed by atoms with Gasteiger partial charge in [0.25, 0.3) is 0 Å². The maximum absolute atomic E-state index is 12.9. The van der Waals surface area contributed by atoms with E-state index < -0.39 is 0 Å². The second-order valence-electron chi connectivity index (χ2n) is 5.16. The maximum Gasteiger partial charge on any atom is 0.123 e. The lowest BCUT2D eigenvalue weighted by atomic mass is 9.98. The minimum atomic E-state index is -0.190. The second kappa shape index (κ2) is 6.53. The fourth-order valence-electron chi connectivity index (χ4n) is 2.25. The SMILES string of the molecule is CNC(Cc1ccc(F)cc1)c1ccc(N(C)C)cc1. The highest BCUT2D eigenvalue weighted by molar-refractivity contribution is 5.46. The fourth-order valence-corrected chi connectivity index (χ4v) is 2.25. The minimum Gasteiger partial charge on any atom is -0.378 e. The van der Waals surface area contributed by atoms with Gasteiger partial charge in [0.15, 0.2) is 0 Å². The summed E-state index contributed by atoms with van der Waals surface area (Å²) in [6.07, 6.45) is 0.845. The molecule has 106 valence electrons. The molecule has 1 N–H and O–H groups in total. The molecule has 2 aromatic carbocycles. The van der Waals surface area contributed by atoms with Gasteiger partial charge in [0.05, 0.1) is 0 Å². The summed E-state index contributed by atoms with van der Waals surface area (Å²) < 4.78 is 12.9. The number of nitrogens with zero attached hydrogens (tertiary/aromatic N) is 1. The predicted octanol–water partition coefficient (Wildman–Crippen LogP) is 3.39. The highest BCUT2D eigenvalue weighted by Crippen LogP contribution is 2.21. The molecule has 0 saturated carbocycles. The van der Waals surface area contributed by atoms with Gasteiger partial charge in [-0.1, -0.05) is 24.3 Å². The first kappa shape index (κ1) is 14.5. The Kier molecular flexibility index (Phi) is 4.74. The summed E-state index contributed by atoms with van der Waals surface area (Å²) in [5, 5.41) is 3.32. The van der Waals surface area contributed by atoms with E-state index in [4.69, 9.17) is 0 Å². The summed E-state index contributed by atoms with van der Waals surface area (Å²) in [5.41, 5.74) is 3.55. The van der Waals surface area contributed by atoms with Crippen LogP contribution in [0.4, 0.5) is 10.1 Å². The zero-order valence-corrected chi connectivity index (χ0v) is 12.2. The Morgan fingerprint density at radius 3 is 2.10 bits per heavy atom. The average Bonchev–Trinajstić information content (AvgIpc) is 2.47. The average molecular weight is 272 g/mol. The summed E-state index contributed by atoms with van der Waals surface area (Å²) in [6.45, 7) is 0. The minimum absolute atomic E-state index is 0.190. The van der Waals surface area contributed by atoms with Crippen molar-refractivity contribution in [3.63, 3.8) is 0 Å². The first-order chi connectivity index (χ1) is 9.60. The monoisotopic (exact) mass is 272 g/mol. The molecule has 20 heavy (non-hydrogen) atoms. The standard InChI is InChI=1S/C17H21FN2/c1-19-17(12-13-4-8-15(18)9-5-13)14-6-10-16(11-7-14)20(2)3/h4-11,17,19H,12H2,1-3H3. The number of likely N-dealkylation sites (N-methyl/N-ethyl adjacent to an activating group) is 1. The Labute approximate surface area is 120 Å². The van der Waals surface area contributed by atoms with E-state index in [0.717, 1.165) is 12.0 Å². The van der Waals surface area contributed by atoms with Gasteiger partial charge in [-0.25, -0.2) is 4.39 Å². The van der Waals surface area contributed by atoms with E-state index in [0.29, 0.717) is 0 Å². The topological polar surface area (TPSA) is 15.3 Å². The Balaban J connectivity index is 2.13. The summed E-state index contributed by atoms with van der Waals surface area (Å²) in [6, 6.07) is 15.4. The van der Waals surface area contributed by atoms with Gasteiger partial charge in [0, 0.05) is 25.8 Å². The van der Waals surface area contributed by atoms with Crippen molar-refractivity contribution in [2.45, 2.75) is 12.5 Å². The van der Waals surface area contributed by atoms with Gasteiger partial charge in [-0.05, 0) is 48.9 Å². The normalized spacial score (nSPS) is 12.2. The molecule has 2 nitrogen and oxygen atoms in total. The van der Waals surface area contributed by atoms with Crippen LogP contribution in [-0.4, -0.2) is 21.1 Å². The van der Waals surface area contributed by atoms with Crippen LogP contribution < -0.4 is 10.2 Å². The zero-order chi connectivity index (χ0) is 14.5. The molecule has 1 atom stereocenters. The van der Waals surface area contributed by atoms with E-state index >= 15 is 0 Å². The van der Waals surface area contributed by atoms with Crippen LogP contribution in [0.5, 0.6) is 0 Å². The van der Waals surface area contributed by atoms with Crippen molar-refractivity contribution in [3.05, 3.63) is 65.5 Å². The van der Waals surface area contributed by atoms with Crippen LogP contribution in [0, 0.1) is 5.82 Å². The highest BCUT2D eigenvalue weighted by Gasteiger charge is 2.10. The first-order valence-electron chi connectivity index (χ1n) is 6.79. The summed E-state index contributed by atoms with van der Waals surface area (Å²) >= 11 is 0. The molecule has 2 rings (SSSR count). The molecule has 0 bridgehead atoms. The number of rotatable bonds is 5. The molecule has 0 saturated heterocycles. The van der Waals surface area contributed by atoms with Crippen molar-refractivity contribution < 1.29 is 4.39 Å². The molecular weight excluding hydrogens is 251 g/mol. The summed E-state index contributed by atoms with van der Waals surface area (Å²) in [7, 11) is 6.01. The van der Waals surface area contributed by atoms with E-state index in [9.17, 15) is 4.39 Å². The fraction of sp³-hybridized carbons (Fsp3) is 0.294. The molecule has 2 aromatic rings. The Morgan fingerprint density at radius 2 is 1.60 bits per heavy atom. The number of benzene rings is 2. The number of anilines is 1. The quantitative estimate of drug-likeness (QED) is 0.897. The van der Waals surface area contributed by atoms with Crippen LogP contribution in [0.3, 0.4) is 0 Å². The lowest BCUT2D eigenvalue weighted by Crippen LogP contribution is -2.19. The van der Waals surface area contributed by atoms with Crippen molar-refractivity contribution in [3.8, 4) is 0 Å². The molecule has 1 unspecified atom stereocenters. The van der Waals surface area contributed by atoms with Crippen LogP contribution in [0.1, 0.15) is 17.2 Å². The third-order valence-corrected chi connectivity index (χ3v) is 3.51. The van der Waals surface area contributed by atoms with Crippen molar-refractivity contribution in [1.82, 2.24) is 5.32 Å². The molecule has 0 aliphatic rings.